The molecule has 140 valence electrons. The van der Waals surface area contributed by atoms with Crippen LogP contribution in [-0.2, 0) is 9.53 Å². The fourth-order valence-corrected chi connectivity index (χ4v) is 2.40. The van der Waals surface area contributed by atoms with Crippen LogP contribution >= 0.6 is 0 Å². The van der Waals surface area contributed by atoms with Crippen molar-refractivity contribution < 1.29 is 14.3 Å². The molecule has 7 nitrogen and oxygen atoms in total. The molecule has 0 bridgehead atoms. The van der Waals surface area contributed by atoms with E-state index in [1.54, 1.807) is 51.4 Å². The number of ether oxygens (including phenoxy) is 1. The van der Waals surface area contributed by atoms with E-state index in [2.05, 4.69) is 20.5 Å². The SMILES string of the molecule is CC(C)C[C@H](NC(=O)c1cc(-c2ccncc2)n[nH]1)C(=O)OC(C)(C)C. The zero-order valence-electron chi connectivity index (χ0n) is 15.9. The Morgan fingerprint density at radius 3 is 2.46 bits per heavy atom. The number of nitrogens with one attached hydrogen (secondary N) is 2. The van der Waals surface area contributed by atoms with Gasteiger partial charge in [-0.25, -0.2) is 4.79 Å². The van der Waals surface area contributed by atoms with Gasteiger partial charge in [0, 0.05) is 18.0 Å². The maximum absolute atomic E-state index is 12.5. The molecule has 1 atom stereocenters. The fraction of sp³-hybridized carbons (Fsp3) is 0.474. The number of rotatable bonds is 6. The second-order valence-electron chi connectivity index (χ2n) is 7.59. The lowest BCUT2D eigenvalue weighted by Gasteiger charge is -2.25. The number of carbonyl (C=O) groups excluding carboxylic acids is 2. The molecule has 0 aliphatic heterocycles. The van der Waals surface area contributed by atoms with Crippen molar-refractivity contribution in [3.05, 3.63) is 36.3 Å². The van der Waals surface area contributed by atoms with Crippen LogP contribution in [0.5, 0.6) is 0 Å². The van der Waals surface area contributed by atoms with Crippen LogP contribution in [0.15, 0.2) is 30.6 Å². The predicted octanol–water partition coefficient (Wildman–Crippen LogP) is 2.96. The Bertz CT molecular complexity index is 748. The van der Waals surface area contributed by atoms with Gasteiger partial charge in [-0.1, -0.05) is 13.8 Å². The normalized spacial score (nSPS) is 12.7. The Kier molecular flexibility index (Phi) is 6.13. The summed E-state index contributed by atoms with van der Waals surface area (Å²) in [6, 6.07) is 4.54. The number of H-pyrrole nitrogens is 1. The number of esters is 1. The molecule has 2 rings (SSSR count). The molecule has 2 N–H and O–H groups in total. The number of aromatic nitrogens is 3. The van der Waals surface area contributed by atoms with Gasteiger partial charge < -0.3 is 10.1 Å². The minimum Gasteiger partial charge on any atom is -0.458 e. The number of hydrogen-bond donors (Lipinski definition) is 2. The van der Waals surface area contributed by atoms with Crippen LogP contribution in [0.2, 0.25) is 0 Å². The molecule has 1 amide bonds. The van der Waals surface area contributed by atoms with E-state index in [1.807, 2.05) is 13.8 Å². The number of amides is 1. The minimum atomic E-state index is -0.714. The van der Waals surface area contributed by atoms with Crippen LogP contribution in [0.25, 0.3) is 11.3 Å². The van der Waals surface area contributed by atoms with Crippen molar-refractivity contribution in [3.8, 4) is 11.3 Å². The monoisotopic (exact) mass is 358 g/mol. The molecule has 2 aromatic rings. The van der Waals surface area contributed by atoms with Gasteiger partial charge in [-0.3, -0.25) is 14.9 Å². The molecule has 0 aliphatic rings. The summed E-state index contributed by atoms with van der Waals surface area (Å²) >= 11 is 0. The molecule has 0 aromatic carbocycles. The average molecular weight is 358 g/mol. The van der Waals surface area contributed by atoms with Crippen LogP contribution in [0, 0.1) is 5.92 Å². The Morgan fingerprint density at radius 1 is 1.23 bits per heavy atom. The van der Waals surface area contributed by atoms with Gasteiger partial charge in [0.05, 0.1) is 5.69 Å². The zero-order chi connectivity index (χ0) is 19.3. The third kappa shape index (κ3) is 5.68. The zero-order valence-corrected chi connectivity index (χ0v) is 15.9. The van der Waals surface area contributed by atoms with Gasteiger partial charge in [-0.2, -0.15) is 5.10 Å². The molecule has 0 saturated carbocycles. The fourth-order valence-electron chi connectivity index (χ4n) is 2.40. The number of nitrogens with zero attached hydrogens (tertiary/aromatic N) is 2. The summed E-state index contributed by atoms with van der Waals surface area (Å²) in [5, 5.41) is 9.62. The first kappa shape index (κ1) is 19.6. The minimum absolute atomic E-state index is 0.224. The Balaban J connectivity index is 2.11. The van der Waals surface area contributed by atoms with Crippen LogP contribution in [0.4, 0.5) is 0 Å². The van der Waals surface area contributed by atoms with Gasteiger partial charge in [-0.05, 0) is 51.3 Å². The van der Waals surface area contributed by atoms with Crippen molar-refractivity contribution in [2.45, 2.75) is 52.7 Å². The topological polar surface area (TPSA) is 97.0 Å². The maximum atomic E-state index is 12.5. The van der Waals surface area contributed by atoms with E-state index in [0.29, 0.717) is 12.1 Å². The summed E-state index contributed by atoms with van der Waals surface area (Å²) in [5.74, 6) is -0.607. The van der Waals surface area contributed by atoms with Crippen molar-refractivity contribution in [2.75, 3.05) is 0 Å². The summed E-state index contributed by atoms with van der Waals surface area (Å²) in [6.45, 7) is 9.38. The highest BCUT2D eigenvalue weighted by molar-refractivity contribution is 5.96. The van der Waals surface area contributed by atoms with Gasteiger partial charge >= 0.3 is 5.97 Å². The number of hydrogen-bond acceptors (Lipinski definition) is 5. The van der Waals surface area contributed by atoms with E-state index in [1.165, 1.54) is 0 Å². The lowest BCUT2D eigenvalue weighted by atomic mass is 10.0. The quantitative estimate of drug-likeness (QED) is 0.774. The lowest BCUT2D eigenvalue weighted by Crippen LogP contribution is -2.45. The standard InChI is InChI=1S/C19H26N4O3/c1-12(2)10-16(18(25)26-19(3,4)5)21-17(24)15-11-14(22-23-15)13-6-8-20-9-7-13/h6-9,11-12,16H,10H2,1-5H3,(H,21,24)(H,22,23)/t16-/m0/s1. The molecule has 0 aliphatic carbocycles. The maximum Gasteiger partial charge on any atom is 0.329 e. The molecule has 0 saturated heterocycles. The van der Waals surface area contributed by atoms with Crippen molar-refractivity contribution in [1.82, 2.24) is 20.5 Å². The Morgan fingerprint density at radius 2 is 1.88 bits per heavy atom. The molecule has 7 heteroatoms. The summed E-state index contributed by atoms with van der Waals surface area (Å²) < 4.78 is 5.43. The summed E-state index contributed by atoms with van der Waals surface area (Å²) in [6.07, 6.45) is 3.81. The highest BCUT2D eigenvalue weighted by Gasteiger charge is 2.28. The van der Waals surface area contributed by atoms with Crippen LogP contribution in [0.1, 0.15) is 51.5 Å². The van der Waals surface area contributed by atoms with Crippen LogP contribution in [0.3, 0.4) is 0 Å². The smallest absolute Gasteiger partial charge is 0.329 e. The second-order valence-corrected chi connectivity index (χ2v) is 7.59. The van der Waals surface area contributed by atoms with E-state index in [9.17, 15) is 9.59 Å². The van der Waals surface area contributed by atoms with Crippen molar-refractivity contribution >= 4 is 11.9 Å². The highest BCUT2D eigenvalue weighted by atomic mass is 16.6. The van der Waals surface area contributed by atoms with Crippen LogP contribution in [-0.4, -0.2) is 38.7 Å². The summed E-state index contributed by atoms with van der Waals surface area (Å²) in [4.78, 5) is 28.9. The van der Waals surface area contributed by atoms with Gasteiger partial charge in [-0.15, -0.1) is 0 Å². The number of carbonyl (C=O) groups is 2. The first-order valence-corrected chi connectivity index (χ1v) is 8.65. The average Bonchev–Trinajstić information content (AvgIpc) is 3.03. The third-order valence-corrected chi connectivity index (χ3v) is 3.50. The number of pyridine rings is 1. The van der Waals surface area contributed by atoms with Crippen molar-refractivity contribution in [1.29, 1.82) is 0 Å². The van der Waals surface area contributed by atoms with Gasteiger partial charge in [0.1, 0.15) is 17.3 Å². The molecular weight excluding hydrogens is 332 g/mol. The predicted molar refractivity (Wildman–Crippen MR) is 98.4 cm³/mol. The molecular formula is C19H26N4O3. The van der Waals surface area contributed by atoms with E-state index in [-0.39, 0.29) is 11.6 Å². The first-order valence-electron chi connectivity index (χ1n) is 8.65. The summed E-state index contributed by atoms with van der Waals surface area (Å²) in [7, 11) is 0. The van der Waals surface area contributed by atoms with Crippen molar-refractivity contribution in [3.63, 3.8) is 0 Å². The second kappa shape index (κ2) is 8.12. The highest BCUT2D eigenvalue weighted by Crippen LogP contribution is 2.17. The Labute approximate surface area is 153 Å². The number of aromatic amines is 1. The lowest BCUT2D eigenvalue weighted by molar-refractivity contribution is -0.157. The van der Waals surface area contributed by atoms with E-state index in [4.69, 9.17) is 4.74 Å². The molecule has 2 aromatic heterocycles. The molecule has 2 heterocycles. The van der Waals surface area contributed by atoms with Gasteiger partial charge in [0.25, 0.3) is 5.91 Å². The van der Waals surface area contributed by atoms with Gasteiger partial charge in [0.2, 0.25) is 0 Å². The Hall–Kier alpha value is -2.70. The molecule has 0 radical (unpaired) electrons. The molecule has 0 spiro atoms. The molecule has 26 heavy (non-hydrogen) atoms. The third-order valence-electron chi connectivity index (χ3n) is 3.50. The van der Waals surface area contributed by atoms with Crippen molar-refractivity contribution in [2.24, 2.45) is 5.92 Å². The van der Waals surface area contributed by atoms with E-state index < -0.39 is 23.5 Å². The van der Waals surface area contributed by atoms with E-state index in [0.717, 1.165) is 5.56 Å². The van der Waals surface area contributed by atoms with Crippen LogP contribution < -0.4 is 5.32 Å². The molecule has 0 unspecified atom stereocenters. The first-order chi connectivity index (χ1) is 12.2. The van der Waals surface area contributed by atoms with E-state index >= 15 is 0 Å². The summed E-state index contributed by atoms with van der Waals surface area (Å²) in [5.41, 5.74) is 1.16. The largest absolute Gasteiger partial charge is 0.458 e. The van der Waals surface area contributed by atoms with Gasteiger partial charge in [0.15, 0.2) is 0 Å². The molecule has 0 fully saturated rings.